The Balaban J connectivity index is 1.55. The van der Waals surface area contributed by atoms with E-state index in [0.29, 0.717) is 5.75 Å². The normalized spacial score (nSPS) is 13.5. The molecule has 0 saturated carbocycles. The maximum absolute atomic E-state index is 12.9. The molecule has 0 atom stereocenters. The molecule has 0 spiro atoms. The summed E-state index contributed by atoms with van der Waals surface area (Å²) in [6.45, 7) is 2.63. The van der Waals surface area contributed by atoms with Crippen LogP contribution in [0, 0.1) is 6.92 Å². The van der Waals surface area contributed by atoms with Crippen LogP contribution in [0.2, 0.25) is 0 Å². The van der Waals surface area contributed by atoms with E-state index in [1.165, 1.54) is 17.3 Å². The van der Waals surface area contributed by atoms with Crippen LogP contribution in [-0.2, 0) is 11.2 Å². The number of rotatable bonds is 4. The number of benzene rings is 2. The molecule has 2 aromatic carbocycles. The van der Waals surface area contributed by atoms with Gasteiger partial charge in [-0.25, -0.2) is 9.97 Å². The third-order valence-corrected chi connectivity index (χ3v) is 5.69. The van der Waals surface area contributed by atoms with Gasteiger partial charge in [-0.3, -0.25) is 4.79 Å². The van der Waals surface area contributed by atoms with Gasteiger partial charge in [-0.2, -0.15) is 0 Å². The molecule has 5 nitrogen and oxygen atoms in total. The van der Waals surface area contributed by atoms with E-state index in [0.717, 1.165) is 52.6 Å². The molecular formula is C21H21N3O2S. The molecule has 0 N–H and O–H groups in total. The third kappa shape index (κ3) is 3.62. The predicted molar refractivity (Wildman–Crippen MR) is 109 cm³/mol. The Kier molecular flexibility index (Phi) is 4.99. The van der Waals surface area contributed by atoms with Crippen molar-refractivity contribution in [2.75, 3.05) is 24.3 Å². The standard InChI is InChI=1S/C21H21N3O2S/c1-14-22-18-8-4-3-7-17(18)21(23-14)27-13-20(25)24-11-5-6-15-12-16(26-2)9-10-19(15)24/h3-4,7-10,12H,5-6,11,13H2,1-2H3. The number of fused-ring (bicyclic) bond motifs is 2. The maximum atomic E-state index is 12.9. The van der Waals surface area contributed by atoms with Crippen molar-refractivity contribution in [3.63, 3.8) is 0 Å². The Morgan fingerprint density at radius 3 is 2.93 bits per heavy atom. The fraction of sp³-hybridized carbons (Fsp3) is 0.286. The highest BCUT2D eigenvalue weighted by atomic mass is 32.2. The van der Waals surface area contributed by atoms with E-state index in [2.05, 4.69) is 9.97 Å². The summed E-state index contributed by atoms with van der Waals surface area (Å²) in [6.07, 6.45) is 1.94. The van der Waals surface area contributed by atoms with Crippen LogP contribution in [0.3, 0.4) is 0 Å². The fourth-order valence-electron chi connectivity index (χ4n) is 3.44. The molecule has 27 heavy (non-hydrogen) atoms. The number of aromatic nitrogens is 2. The summed E-state index contributed by atoms with van der Waals surface area (Å²) < 4.78 is 5.31. The number of nitrogens with zero attached hydrogens (tertiary/aromatic N) is 3. The zero-order chi connectivity index (χ0) is 18.8. The molecule has 0 saturated heterocycles. The average molecular weight is 379 g/mol. The summed E-state index contributed by atoms with van der Waals surface area (Å²) >= 11 is 1.48. The van der Waals surface area contributed by atoms with E-state index in [1.807, 2.05) is 54.3 Å². The number of para-hydroxylation sites is 1. The molecule has 138 valence electrons. The summed E-state index contributed by atoms with van der Waals surface area (Å²) in [6, 6.07) is 13.9. The molecule has 4 rings (SSSR count). The molecule has 2 heterocycles. The molecule has 6 heteroatoms. The molecule has 1 aliphatic rings. The van der Waals surface area contributed by atoms with Crippen LogP contribution in [0.15, 0.2) is 47.5 Å². The lowest BCUT2D eigenvalue weighted by Crippen LogP contribution is -2.36. The second-order valence-electron chi connectivity index (χ2n) is 6.53. The second kappa shape index (κ2) is 7.56. The monoisotopic (exact) mass is 379 g/mol. The Hall–Kier alpha value is -2.60. The molecule has 1 aromatic heterocycles. The minimum atomic E-state index is 0.103. The van der Waals surface area contributed by atoms with Crippen molar-refractivity contribution in [3.8, 4) is 5.75 Å². The number of hydrogen-bond donors (Lipinski definition) is 0. The number of ether oxygens (including phenoxy) is 1. The number of anilines is 1. The van der Waals surface area contributed by atoms with Crippen LogP contribution in [-0.4, -0.2) is 35.3 Å². The molecule has 3 aromatic rings. The van der Waals surface area contributed by atoms with Crippen LogP contribution in [0.4, 0.5) is 5.69 Å². The SMILES string of the molecule is COc1ccc2c(c1)CCCN2C(=O)CSc1nc(C)nc2ccccc12. The van der Waals surface area contributed by atoms with Gasteiger partial charge in [-0.05, 0) is 49.6 Å². The number of thioether (sulfide) groups is 1. The molecule has 1 aliphatic heterocycles. The first-order valence-corrected chi connectivity index (χ1v) is 9.98. The summed E-state index contributed by atoms with van der Waals surface area (Å²) in [7, 11) is 1.66. The van der Waals surface area contributed by atoms with Gasteiger partial charge >= 0.3 is 0 Å². The number of carbonyl (C=O) groups is 1. The number of aryl methyl sites for hydroxylation is 2. The van der Waals surface area contributed by atoms with Crippen molar-refractivity contribution in [1.82, 2.24) is 9.97 Å². The zero-order valence-corrected chi connectivity index (χ0v) is 16.3. The van der Waals surface area contributed by atoms with Crippen LogP contribution >= 0.6 is 11.8 Å². The number of amides is 1. The van der Waals surface area contributed by atoms with E-state index in [4.69, 9.17) is 4.74 Å². The maximum Gasteiger partial charge on any atom is 0.237 e. The highest BCUT2D eigenvalue weighted by Gasteiger charge is 2.23. The Morgan fingerprint density at radius 1 is 1.22 bits per heavy atom. The number of methoxy groups -OCH3 is 1. The highest BCUT2D eigenvalue weighted by molar-refractivity contribution is 8.00. The lowest BCUT2D eigenvalue weighted by Gasteiger charge is -2.29. The molecule has 0 unspecified atom stereocenters. The molecule has 0 aliphatic carbocycles. The van der Waals surface area contributed by atoms with Gasteiger partial charge in [0, 0.05) is 17.6 Å². The van der Waals surface area contributed by atoms with Crippen LogP contribution < -0.4 is 9.64 Å². The van der Waals surface area contributed by atoms with Crippen molar-refractivity contribution >= 4 is 34.3 Å². The number of hydrogen-bond acceptors (Lipinski definition) is 5. The van der Waals surface area contributed by atoms with Gasteiger partial charge < -0.3 is 9.64 Å². The summed E-state index contributed by atoms with van der Waals surface area (Å²) in [5.74, 6) is 2.01. The van der Waals surface area contributed by atoms with Gasteiger partial charge in [-0.1, -0.05) is 30.0 Å². The first-order chi connectivity index (χ1) is 13.2. The first kappa shape index (κ1) is 17.8. The Bertz CT molecular complexity index is 1010. The predicted octanol–water partition coefficient (Wildman–Crippen LogP) is 4.02. The third-order valence-electron chi connectivity index (χ3n) is 4.72. The molecular weight excluding hydrogens is 358 g/mol. The zero-order valence-electron chi connectivity index (χ0n) is 15.4. The van der Waals surface area contributed by atoms with E-state index in [-0.39, 0.29) is 5.91 Å². The second-order valence-corrected chi connectivity index (χ2v) is 7.49. The topological polar surface area (TPSA) is 55.3 Å². The smallest absolute Gasteiger partial charge is 0.237 e. The fourth-order valence-corrected chi connectivity index (χ4v) is 4.38. The molecule has 0 fully saturated rings. The average Bonchev–Trinajstić information content (AvgIpc) is 2.70. The van der Waals surface area contributed by atoms with Gasteiger partial charge in [0.05, 0.1) is 18.4 Å². The van der Waals surface area contributed by atoms with E-state index in [1.54, 1.807) is 7.11 Å². The van der Waals surface area contributed by atoms with Crippen molar-refractivity contribution < 1.29 is 9.53 Å². The van der Waals surface area contributed by atoms with Crippen LogP contribution in [0.25, 0.3) is 10.9 Å². The Morgan fingerprint density at radius 2 is 2.07 bits per heavy atom. The van der Waals surface area contributed by atoms with Gasteiger partial charge in [0.1, 0.15) is 16.6 Å². The Labute approximate surface area is 162 Å². The quantitative estimate of drug-likeness (QED) is 0.506. The lowest BCUT2D eigenvalue weighted by atomic mass is 10.0. The van der Waals surface area contributed by atoms with Crippen molar-refractivity contribution in [3.05, 3.63) is 53.9 Å². The highest BCUT2D eigenvalue weighted by Crippen LogP contribution is 2.32. The van der Waals surface area contributed by atoms with Gasteiger partial charge in [0.25, 0.3) is 0 Å². The van der Waals surface area contributed by atoms with Crippen LogP contribution in [0.1, 0.15) is 17.8 Å². The van der Waals surface area contributed by atoms with E-state index >= 15 is 0 Å². The molecule has 1 amide bonds. The van der Waals surface area contributed by atoms with Gasteiger partial charge in [0.15, 0.2) is 0 Å². The molecule has 0 radical (unpaired) electrons. The van der Waals surface area contributed by atoms with Crippen molar-refractivity contribution in [2.45, 2.75) is 24.8 Å². The lowest BCUT2D eigenvalue weighted by molar-refractivity contribution is -0.116. The van der Waals surface area contributed by atoms with Crippen molar-refractivity contribution in [1.29, 1.82) is 0 Å². The summed E-state index contributed by atoms with van der Waals surface area (Å²) in [5.41, 5.74) is 3.08. The summed E-state index contributed by atoms with van der Waals surface area (Å²) in [5, 5.41) is 1.85. The minimum Gasteiger partial charge on any atom is -0.497 e. The van der Waals surface area contributed by atoms with E-state index in [9.17, 15) is 4.79 Å². The first-order valence-electron chi connectivity index (χ1n) is 8.99. The number of carbonyl (C=O) groups excluding carboxylic acids is 1. The van der Waals surface area contributed by atoms with Crippen LogP contribution in [0.5, 0.6) is 5.75 Å². The van der Waals surface area contributed by atoms with Gasteiger partial charge in [0.2, 0.25) is 5.91 Å². The molecule has 0 bridgehead atoms. The van der Waals surface area contributed by atoms with E-state index < -0.39 is 0 Å². The minimum absolute atomic E-state index is 0.103. The summed E-state index contributed by atoms with van der Waals surface area (Å²) in [4.78, 5) is 23.8. The van der Waals surface area contributed by atoms with Gasteiger partial charge in [-0.15, -0.1) is 0 Å². The van der Waals surface area contributed by atoms with Crippen molar-refractivity contribution in [2.24, 2.45) is 0 Å². The largest absolute Gasteiger partial charge is 0.497 e.